The molecule has 1 aromatic rings. The van der Waals surface area contributed by atoms with E-state index in [1.54, 1.807) is 4.90 Å². The number of benzene rings is 1. The number of piperazine rings is 1. The lowest BCUT2D eigenvalue weighted by Gasteiger charge is -2.57. The van der Waals surface area contributed by atoms with Crippen LogP contribution < -0.4 is 5.32 Å². The van der Waals surface area contributed by atoms with Gasteiger partial charge in [0.15, 0.2) is 0 Å². The molecule has 0 aromatic heterocycles. The highest BCUT2D eigenvalue weighted by atomic mass is 32.2. The number of rotatable bonds is 4. The Morgan fingerprint density at radius 2 is 1.58 bits per heavy atom. The standard InChI is InChI=1S/C22H29F2N3O3S/c23-18-1-2-19(24)20(10-18)31(29,30)27-5-3-26(4-6-27)21(28)25-14-22-11-15-7-16(12-22)9-17(8-15)13-22/h1-2,10,15-17H,3-9,11-14H2,(H,25,28). The van der Waals surface area contributed by atoms with Gasteiger partial charge in [0.2, 0.25) is 10.0 Å². The Morgan fingerprint density at radius 1 is 1.00 bits per heavy atom. The summed E-state index contributed by atoms with van der Waals surface area (Å²) in [6.45, 7) is 1.26. The molecule has 170 valence electrons. The van der Waals surface area contributed by atoms with Crippen molar-refractivity contribution in [1.29, 1.82) is 0 Å². The maximum atomic E-state index is 14.0. The zero-order valence-corrected chi connectivity index (χ0v) is 18.3. The Hall–Kier alpha value is -1.74. The topological polar surface area (TPSA) is 69.7 Å². The maximum Gasteiger partial charge on any atom is 0.317 e. The van der Waals surface area contributed by atoms with Crippen LogP contribution in [0.15, 0.2) is 23.1 Å². The van der Waals surface area contributed by atoms with Crippen molar-refractivity contribution in [3.05, 3.63) is 29.8 Å². The molecule has 2 amide bonds. The lowest BCUT2D eigenvalue weighted by atomic mass is 9.49. The molecule has 5 aliphatic rings. The van der Waals surface area contributed by atoms with Gasteiger partial charge in [-0.3, -0.25) is 0 Å². The predicted octanol–water partition coefficient (Wildman–Crippen LogP) is 3.20. The zero-order valence-electron chi connectivity index (χ0n) is 17.5. The Morgan fingerprint density at radius 3 is 2.16 bits per heavy atom. The third-order valence-corrected chi connectivity index (χ3v) is 9.73. The Kier molecular flexibility index (Phi) is 5.24. The number of nitrogens with one attached hydrogen (secondary N) is 1. The summed E-state index contributed by atoms with van der Waals surface area (Å²) in [7, 11) is -4.15. The number of nitrogens with zero attached hydrogens (tertiary/aromatic N) is 2. The molecule has 1 heterocycles. The van der Waals surface area contributed by atoms with Gasteiger partial charge in [0.25, 0.3) is 0 Å². The van der Waals surface area contributed by atoms with Crippen LogP contribution in [-0.2, 0) is 10.0 Å². The molecule has 6 nitrogen and oxygen atoms in total. The first-order valence-electron chi connectivity index (χ1n) is 11.2. The van der Waals surface area contributed by atoms with Gasteiger partial charge < -0.3 is 10.2 Å². The molecule has 0 atom stereocenters. The molecule has 1 N–H and O–H groups in total. The van der Waals surface area contributed by atoms with E-state index in [1.165, 1.54) is 38.5 Å². The number of carbonyl (C=O) groups excluding carboxylic acids is 1. The molecule has 0 radical (unpaired) electrons. The largest absolute Gasteiger partial charge is 0.337 e. The number of amides is 2. The molecule has 4 aliphatic carbocycles. The van der Waals surface area contributed by atoms with E-state index in [0.717, 1.165) is 34.2 Å². The van der Waals surface area contributed by atoms with Crippen molar-refractivity contribution < 1.29 is 22.0 Å². The number of urea groups is 1. The smallest absolute Gasteiger partial charge is 0.317 e. The minimum absolute atomic E-state index is 0.0586. The SMILES string of the molecule is O=C(NCC12CC3CC(CC(C3)C1)C2)N1CCN(S(=O)(=O)c2cc(F)ccc2F)CC1. The minimum atomic E-state index is -4.15. The number of sulfonamides is 1. The van der Waals surface area contributed by atoms with Gasteiger partial charge >= 0.3 is 6.03 Å². The van der Waals surface area contributed by atoms with Gasteiger partial charge in [0, 0.05) is 32.7 Å². The van der Waals surface area contributed by atoms with Gasteiger partial charge in [-0.25, -0.2) is 22.0 Å². The highest BCUT2D eigenvalue weighted by molar-refractivity contribution is 7.89. The fourth-order valence-corrected chi connectivity index (χ4v) is 8.33. The van der Waals surface area contributed by atoms with Crippen molar-refractivity contribution in [3.63, 3.8) is 0 Å². The van der Waals surface area contributed by atoms with Crippen LogP contribution in [0.5, 0.6) is 0 Å². The van der Waals surface area contributed by atoms with Crippen molar-refractivity contribution in [2.75, 3.05) is 32.7 Å². The zero-order chi connectivity index (χ0) is 21.8. The maximum absolute atomic E-state index is 14.0. The first kappa shape index (κ1) is 21.1. The quantitative estimate of drug-likeness (QED) is 0.761. The van der Waals surface area contributed by atoms with Crippen LogP contribution in [0.1, 0.15) is 38.5 Å². The summed E-state index contributed by atoms with van der Waals surface area (Å²) in [6, 6.07) is 2.25. The summed E-state index contributed by atoms with van der Waals surface area (Å²) in [5, 5.41) is 3.12. The molecule has 6 rings (SSSR count). The molecular formula is C22H29F2N3O3S. The minimum Gasteiger partial charge on any atom is -0.337 e. The predicted molar refractivity (Wildman–Crippen MR) is 111 cm³/mol. The highest BCUT2D eigenvalue weighted by Crippen LogP contribution is 2.59. The third-order valence-electron chi connectivity index (χ3n) is 7.82. The van der Waals surface area contributed by atoms with Gasteiger partial charge in [0.1, 0.15) is 16.5 Å². The number of carbonyl (C=O) groups is 1. The van der Waals surface area contributed by atoms with Gasteiger partial charge in [-0.05, 0) is 79.9 Å². The van der Waals surface area contributed by atoms with E-state index < -0.39 is 26.6 Å². The van der Waals surface area contributed by atoms with Crippen LogP contribution in [-0.4, -0.2) is 56.4 Å². The molecule has 31 heavy (non-hydrogen) atoms. The van der Waals surface area contributed by atoms with Crippen molar-refractivity contribution in [3.8, 4) is 0 Å². The fourth-order valence-electron chi connectivity index (χ4n) is 6.83. The monoisotopic (exact) mass is 453 g/mol. The van der Waals surface area contributed by atoms with Crippen LogP contribution in [0.4, 0.5) is 13.6 Å². The van der Waals surface area contributed by atoms with Gasteiger partial charge in [-0.15, -0.1) is 0 Å². The molecule has 0 unspecified atom stereocenters. The average molecular weight is 454 g/mol. The molecule has 1 saturated heterocycles. The van der Waals surface area contributed by atoms with E-state index in [4.69, 9.17) is 0 Å². The van der Waals surface area contributed by atoms with Crippen molar-refractivity contribution in [2.45, 2.75) is 43.4 Å². The highest BCUT2D eigenvalue weighted by Gasteiger charge is 2.50. The van der Waals surface area contributed by atoms with E-state index in [9.17, 15) is 22.0 Å². The first-order chi connectivity index (χ1) is 14.7. The summed E-state index contributed by atoms with van der Waals surface area (Å²) >= 11 is 0. The van der Waals surface area contributed by atoms with Gasteiger partial charge in [-0.1, -0.05) is 0 Å². The van der Waals surface area contributed by atoms with E-state index in [2.05, 4.69) is 5.32 Å². The summed E-state index contributed by atoms with van der Waals surface area (Å²) in [5.74, 6) is 0.681. The van der Waals surface area contributed by atoms with Crippen molar-refractivity contribution >= 4 is 16.1 Å². The van der Waals surface area contributed by atoms with Crippen LogP contribution in [0, 0.1) is 34.8 Å². The van der Waals surface area contributed by atoms with Crippen molar-refractivity contribution in [1.82, 2.24) is 14.5 Å². The Balaban J connectivity index is 1.17. The first-order valence-corrected chi connectivity index (χ1v) is 12.7. The van der Waals surface area contributed by atoms with Crippen LogP contribution >= 0.6 is 0 Å². The Bertz CT molecular complexity index is 941. The molecule has 4 bridgehead atoms. The van der Waals surface area contributed by atoms with Gasteiger partial charge in [0.05, 0.1) is 0 Å². The Labute approximate surface area is 182 Å². The molecular weight excluding hydrogens is 424 g/mol. The number of hydrogen-bond donors (Lipinski definition) is 1. The summed E-state index contributed by atoms with van der Waals surface area (Å²) < 4.78 is 54.0. The number of halogens is 2. The second-order valence-electron chi connectivity index (χ2n) is 10.0. The van der Waals surface area contributed by atoms with Crippen LogP contribution in [0.3, 0.4) is 0 Å². The molecule has 4 saturated carbocycles. The molecule has 1 aliphatic heterocycles. The normalized spacial score (nSPS) is 33.0. The summed E-state index contributed by atoms with van der Waals surface area (Å²) in [5.41, 5.74) is 0.241. The van der Waals surface area contributed by atoms with E-state index >= 15 is 0 Å². The van der Waals surface area contributed by atoms with Crippen LogP contribution in [0.25, 0.3) is 0 Å². The molecule has 0 spiro atoms. The third kappa shape index (κ3) is 3.95. The molecule has 5 fully saturated rings. The molecule has 9 heteroatoms. The van der Waals surface area contributed by atoms with E-state index in [0.29, 0.717) is 12.6 Å². The van der Waals surface area contributed by atoms with Gasteiger partial charge in [-0.2, -0.15) is 4.31 Å². The van der Waals surface area contributed by atoms with E-state index in [1.807, 2.05) is 0 Å². The lowest BCUT2D eigenvalue weighted by molar-refractivity contribution is -0.0503. The lowest BCUT2D eigenvalue weighted by Crippen LogP contribution is -2.56. The van der Waals surface area contributed by atoms with Crippen molar-refractivity contribution in [2.24, 2.45) is 23.2 Å². The second kappa shape index (κ2) is 7.69. The van der Waals surface area contributed by atoms with Crippen LogP contribution in [0.2, 0.25) is 0 Å². The number of hydrogen-bond acceptors (Lipinski definition) is 3. The summed E-state index contributed by atoms with van der Waals surface area (Å²) in [4.78, 5) is 13.7. The average Bonchev–Trinajstić information content (AvgIpc) is 2.73. The fraction of sp³-hybridized carbons (Fsp3) is 0.682. The second-order valence-corrected chi connectivity index (χ2v) is 11.9. The summed E-state index contributed by atoms with van der Waals surface area (Å²) in [6.07, 6.45) is 7.71. The molecule has 1 aromatic carbocycles. The van der Waals surface area contributed by atoms with E-state index in [-0.39, 0.29) is 37.6 Å².